The SMILES string of the molecule is CSc1ccc(CN2CCN(C[C@@H]3C[C@H]4C=C[C@H]3C4)CC2)cc1. The summed E-state index contributed by atoms with van der Waals surface area (Å²) in [5, 5.41) is 0. The van der Waals surface area contributed by atoms with Gasteiger partial charge in [-0.3, -0.25) is 4.90 Å². The van der Waals surface area contributed by atoms with Crippen molar-refractivity contribution >= 4 is 11.8 Å². The Morgan fingerprint density at radius 3 is 2.30 bits per heavy atom. The van der Waals surface area contributed by atoms with E-state index in [9.17, 15) is 0 Å². The Bertz CT molecular complexity index is 545. The van der Waals surface area contributed by atoms with Crippen LogP contribution in [0.5, 0.6) is 0 Å². The van der Waals surface area contributed by atoms with Crippen molar-refractivity contribution < 1.29 is 0 Å². The zero-order valence-electron chi connectivity index (χ0n) is 14.2. The van der Waals surface area contributed by atoms with Gasteiger partial charge in [0.1, 0.15) is 0 Å². The van der Waals surface area contributed by atoms with Gasteiger partial charge >= 0.3 is 0 Å². The molecule has 124 valence electrons. The molecule has 1 saturated carbocycles. The first-order chi connectivity index (χ1) is 11.3. The maximum absolute atomic E-state index is 2.71. The summed E-state index contributed by atoms with van der Waals surface area (Å²) in [4.78, 5) is 6.69. The molecule has 1 saturated heterocycles. The molecule has 3 atom stereocenters. The Morgan fingerprint density at radius 2 is 1.70 bits per heavy atom. The maximum Gasteiger partial charge on any atom is 0.0234 e. The highest BCUT2D eigenvalue weighted by molar-refractivity contribution is 7.98. The van der Waals surface area contributed by atoms with E-state index < -0.39 is 0 Å². The van der Waals surface area contributed by atoms with Gasteiger partial charge in [-0.2, -0.15) is 0 Å². The standard InChI is InChI=1S/C20H28N2S/c1-23-20-6-3-16(4-7-20)14-21-8-10-22(11-9-21)15-19-13-17-2-5-18(19)12-17/h2-7,17-19H,8-15H2,1H3/t17-,18-,19-/m0/s1. The monoisotopic (exact) mass is 328 g/mol. The first kappa shape index (κ1) is 15.7. The molecule has 0 radical (unpaired) electrons. The zero-order valence-corrected chi connectivity index (χ0v) is 15.0. The molecule has 1 heterocycles. The van der Waals surface area contributed by atoms with E-state index in [1.54, 1.807) is 0 Å². The number of hydrogen-bond donors (Lipinski definition) is 0. The maximum atomic E-state index is 2.71. The Kier molecular flexibility index (Phi) is 4.79. The Morgan fingerprint density at radius 1 is 0.957 bits per heavy atom. The van der Waals surface area contributed by atoms with Gasteiger partial charge in [0.2, 0.25) is 0 Å². The molecule has 1 aromatic rings. The van der Waals surface area contributed by atoms with Crippen LogP contribution >= 0.6 is 11.8 Å². The molecule has 2 aliphatic carbocycles. The largest absolute Gasteiger partial charge is 0.300 e. The summed E-state index contributed by atoms with van der Waals surface area (Å²) in [7, 11) is 0. The van der Waals surface area contributed by atoms with Crippen molar-refractivity contribution in [3.63, 3.8) is 0 Å². The topological polar surface area (TPSA) is 6.48 Å². The molecule has 1 aromatic carbocycles. The van der Waals surface area contributed by atoms with Crippen molar-refractivity contribution in [1.29, 1.82) is 0 Å². The van der Waals surface area contributed by atoms with Crippen molar-refractivity contribution in [2.45, 2.75) is 24.3 Å². The van der Waals surface area contributed by atoms with Gasteiger partial charge < -0.3 is 4.90 Å². The minimum absolute atomic E-state index is 0.896. The fourth-order valence-electron chi connectivity index (χ4n) is 4.56. The molecule has 0 spiro atoms. The normalized spacial score (nSPS) is 31.1. The van der Waals surface area contributed by atoms with Crippen LogP contribution in [-0.2, 0) is 6.54 Å². The van der Waals surface area contributed by atoms with E-state index >= 15 is 0 Å². The lowest BCUT2D eigenvalue weighted by atomic mass is 9.93. The van der Waals surface area contributed by atoms with Gasteiger partial charge in [-0.05, 0) is 54.5 Å². The highest BCUT2D eigenvalue weighted by atomic mass is 32.2. The lowest BCUT2D eigenvalue weighted by Gasteiger charge is -2.37. The summed E-state index contributed by atoms with van der Waals surface area (Å²) in [6.07, 6.45) is 9.98. The van der Waals surface area contributed by atoms with Crippen LogP contribution in [0.4, 0.5) is 0 Å². The van der Waals surface area contributed by atoms with Crippen molar-refractivity contribution in [1.82, 2.24) is 9.80 Å². The van der Waals surface area contributed by atoms with Crippen LogP contribution in [0.15, 0.2) is 41.3 Å². The molecule has 2 bridgehead atoms. The lowest BCUT2D eigenvalue weighted by Crippen LogP contribution is -2.47. The molecule has 3 heteroatoms. The molecular weight excluding hydrogens is 300 g/mol. The van der Waals surface area contributed by atoms with Crippen LogP contribution in [0.3, 0.4) is 0 Å². The molecule has 3 aliphatic rings. The van der Waals surface area contributed by atoms with Gasteiger partial charge in [0.25, 0.3) is 0 Å². The average molecular weight is 329 g/mol. The van der Waals surface area contributed by atoms with Gasteiger partial charge in [0.05, 0.1) is 0 Å². The second-order valence-corrected chi connectivity index (χ2v) is 8.34. The second kappa shape index (κ2) is 7.00. The summed E-state index contributed by atoms with van der Waals surface area (Å²) in [5.74, 6) is 2.75. The predicted molar refractivity (Wildman–Crippen MR) is 98.8 cm³/mol. The molecule has 1 aliphatic heterocycles. The highest BCUT2D eigenvalue weighted by Gasteiger charge is 2.36. The number of rotatable bonds is 5. The molecule has 23 heavy (non-hydrogen) atoms. The number of thioether (sulfide) groups is 1. The second-order valence-electron chi connectivity index (χ2n) is 7.47. The first-order valence-corrected chi connectivity index (χ1v) is 10.3. The van der Waals surface area contributed by atoms with Crippen molar-refractivity contribution in [2.24, 2.45) is 17.8 Å². The number of allylic oxidation sites excluding steroid dienone is 2. The van der Waals surface area contributed by atoms with Gasteiger partial charge in [-0.15, -0.1) is 11.8 Å². The predicted octanol–water partition coefficient (Wildman–Crippen LogP) is 3.74. The molecule has 0 aromatic heterocycles. The van der Waals surface area contributed by atoms with E-state index in [4.69, 9.17) is 0 Å². The van der Waals surface area contributed by atoms with Gasteiger partial charge in [-0.1, -0.05) is 24.3 Å². The van der Waals surface area contributed by atoms with Crippen LogP contribution in [0.1, 0.15) is 18.4 Å². The summed E-state index contributed by atoms with van der Waals surface area (Å²) >= 11 is 1.82. The van der Waals surface area contributed by atoms with E-state index in [-0.39, 0.29) is 0 Å². The molecular formula is C20H28N2S. The molecule has 0 N–H and O–H groups in total. The van der Waals surface area contributed by atoms with Crippen LogP contribution < -0.4 is 0 Å². The van der Waals surface area contributed by atoms with E-state index in [0.29, 0.717) is 0 Å². The Labute approximate surface area is 144 Å². The van der Waals surface area contributed by atoms with Crippen LogP contribution in [-0.4, -0.2) is 48.8 Å². The number of piperazine rings is 1. The lowest BCUT2D eigenvalue weighted by molar-refractivity contribution is 0.108. The first-order valence-electron chi connectivity index (χ1n) is 9.06. The third kappa shape index (κ3) is 3.67. The molecule has 0 unspecified atom stereocenters. The van der Waals surface area contributed by atoms with E-state index in [2.05, 4.69) is 52.5 Å². The van der Waals surface area contributed by atoms with Crippen LogP contribution in [0, 0.1) is 17.8 Å². The summed E-state index contributed by atoms with van der Waals surface area (Å²) in [5.41, 5.74) is 1.45. The summed E-state index contributed by atoms with van der Waals surface area (Å²) < 4.78 is 0. The smallest absolute Gasteiger partial charge is 0.0234 e. The average Bonchev–Trinajstić information content (AvgIpc) is 3.20. The zero-order chi connectivity index (χ0) is 15.6. The minimum Gasteiger partial charge on any atom is -0.300 e. The number of hydrogen-bond acceptors (Lipinski definition) is 3. The Balaban J connectivity index is 1.23. The van der Waals surface area contributed by atoms with E-state index in [1.807, 2.05) is 11.8 Å². The number of fused-ring (bicyclic) bond motifs is 2. The van der Waals surface area contributed by atoms with Gasteiger partial charge in [0, 0.05) is 44.2 Å². The Hall–Kier alpha value is -0.770. The van der Waals surface area contributed by atoms with Crippen molar-refractivity contribution in [3.8, 4) is 0 Å². The summed E-state index contributed by atoms with van der Waals surface area (Å²) in [6, 6.07) is 9.08. The quantitative estimate of drug-likeness (QED) is 0.600. The van der Waals surface area contributed by atoms with Crippen LogP contribution in [0.2, 0.25) is 0 Å². The van der Waals surface area contributed by atoms with Gasteiger partial charge in [0.15, 0.2) is 0 Å². The van der Waals surface area contributed by atoms with Crippen LogP contribution in [0.25, 0.3) is 0 Å². The van der Waals surface area contributed by atoms with Crippen molar-refractivity contribution in [3.05, 3.63) is 42.0 Å². The molecule has 0 amide bonds. The fourth-order valence-corrected chi connectivity index (χ4v) is 4.96. The van der Waals surface area contributed by atoms with E-state index in [0.717, 1.165) is 24.3 Å². The third-order valence-corrected chi connectivity index (χ3v) is 6.68. The fraction of sp³-hybridized carbons (Fsp3) is 0.600. The number of benzene rings is 1. The number of nitrogens with zero attached hydrogens (tertiary/aromatic N) is 2. The summed E-state index contributed by atoms with van der Waals surface area (Å²) in [6.45, 7) is 7.39. The van der Waals surface area contributed by atoms with Gasteiger partial charge in [-0.25, -0.2) is 0 Å². The van der Waals surface area contributed by atoms with E-state index in [1.165, 1.54) is 56.0 Å². The molecule has 4 rings (SSSR count). The molecule has 2 fully saturated rings. The highest BCUT2D eigenvalue weighted by Crippen LogP contribution is 2.43. The third-order valence-electron chi connectivity index (χ3n) is 5.94. The van der Waals surface area contributed by atoms with Crippen molar-refractivity contribution in [2.75, 3.05) is 39.0 Å². The minimum atomic E-state index is 0.896. The molecule has 2 nitrogen and oxygen atoms in total.